The summed E-state index contributed by atoms with van der Waals surface area (Å²) in [6, 6.07) is 44.8. The molecule has 0 aromatic heterocycles. The zero-order valence-corrected chi connectivity index (χ0v) is 20.8. The molecule has 0 spiro atoms. The van der Waals surface area contributed by atoms with Crippen LogP contribution in [0.5, 0.6) is 0 Å². The Hall–Kier alpha value is -3.81. The molecule has 0 saturated heterocycles. The molecule has 0 saturated carbocycles. The van der Waals surface area contributed by atoms with E-state index < -0.39 is 10.0 Å². The fraction of sp³-hybridized carbons (Fsp3) is 0.0588. The number of fused-ring (bicyclic) bond motifs is 5. The van der Waals surface area contributed by atoms with Gasteiger partial charge in [-0.3, -0.25) is 0 Å². The molecule has 7 rings (SSSR count). The monoisotopic (exact) mass is 466 g/mol. The molecule has 6 aromatic rings. The first-order chi connectivity index (χ1) is 17.1. The van der Waals surface area contributed by atoms with Gasteiger partial charge in [-0.1, -0.05) is 103 Å². The van der Waals surface area contributed by atoms with Gasteiger partial charge in [0, 0.05) is 9.79 Å². The maximum atomic E-state index is 2.53. The van der Waals surface area contributed by atoms with Crippen LogP contribution in [0.3, 0.4) is 0 Å². The second kappa shape index (κ2) is 7.60. The Bertz CT molecular complexity index is 1750. The highest BCUT2D eigenvalue weighted by Gasteiger charge is 2.32. The molecule has 1 heteroatoms. The van der Waals surface area contributed by atoms with Crippen molar-refractivity contribution in [2.45, 2.75) is 9.79 Å². The molecule has 0 bridgehead atoms. The minimum Gasteiger partial charge on any atom is -0.192 e. The van der Waals surface area contributed by atoms with E-state index >= 15 is 0 Å². The fourth-order valence-electron chi connectivity index (χ4n) is 5.92. The molecule has 0 aliphatic carbocycles. The predicted octanol–water partition coefficient (Wildman–Crippen LogP) is 9.79. The molecular formula is C34H26S. The summed E-state index contributed by atoms with van der Waals surface area (Å²) in [6.45, 7) is 0. The third-order valence-electron chi connectivity index (χ3n) is 7.53. The summed E-state index contributed by atoms with van der Waals surface area (Å²) in [5.74, 6) is 0. The lowest BCUT2D eigenvalue weighted by atomic mass is 9.85. The van der Waals surface area contributed by atoms with Crippen LogP contribution >= 0.6 is 10.0 Å². The van der Waals surface area contributed by atoms with Crippen molar-refractivity contribution in [1.82, 2.24) is 0 Å². The van der Waals surface area contributed by atoms with Gasteiger partial charge in [-0.25, -0.2) is 0 Å². The molecule has 0 nitrogen and oxygen atoms in total. The van der Waals surface area contributed by atoms with Gasteiger partial charge in [0.15, 0.2) is 0 Å². The van der Waals surface area contributed by atoms with Crippen molar-refractivity contribution in [3.8, 4) is 33.4 Å². The van der Waals surface area contributed by atoms with E-state index in [1.165, 1.54) is 64.7 Å². The van der Waals surface area contributed by atoms with Crippen LogP contribution in [0, 0.1) is 0 Å². The Morgan fingerprint density at radius 1 is 0.400 bits per heavy atom. The summed E-state index contributed by atoms with van der Waals surface area (Å²) in [7, 11) is -1.09. The Kier molecular flexibility index (Phi) is 4.46. The van der Waals surface area contributed by atoms with Crippen LogP contribution in [-0.2, 0) is 0 Å². The largest absolute Gasteiger partial charge is 0.192 e. The Balaban J connectivity index is 1.72. The van der Waals surface area contributed by atoms with E-state index in [2.05, 4.69) is 134 Å². The minimum absolute atomic E-state index is 1.09. The SMILES string of the molecule is CS1(C)c2ccccc2-c2cc3c(-c4ccccc4)c4ccccc4c(-c4ccccc4)c3cc21. The van der Waals surface area contributed by atoms with Crippen molar-refractivity contribution in [3.05, 3.63) is 121 Å². The molecule has 0 amide bonds. The number of hydrogen-bond donors (Lipinski definition) is 0. The Morgan fingerprint density at radius 2 is 0.886 bits per heavy atom. The van der Waals surface area contributed by atoms with Crippen molar-refractivity contribution in [1.29, 1.82) is 0 Å². The molecule has 0 atom stereocenters. The fourth-order valence-corrected chi connectivity index (χ4v) is 8.43. The Labute approximate surface area is 208 Å². The maximum absolute atomic E-state index is 2.53. The second-order valence-corrected chi connectivity index (χ2v) is 13.3. The van der Waals surface area contributed by atoms with Crippen LogP contribution in [0.1, 0.15) is 0 Å². The lowest BCUT2D eigenvalue weighted by Gasteiger charge is -2.29. The summed E-state index contributed by atoms with van der Waals surface area (Å²) < 4.78 is 0. The molecule has 0 radical (unpaired) electrons. The lowest BCUT2D eigenvalue weighted by Crippen LogP contribution is -1.95. The normalized spacial score (nSPS) is 14.6. The number of rotatable bonds is 2. The molecular weight excluding hydrogens is 440 g/mol. The predicted molar refractivity (Wildman–Crippen MR) is 154 cm³/mol. The molecule has 0 fully saturated rings. The summed E-state index contributed by atoms with van der Waals surface area (Å²) >= 11 is 0. The molecule has 168 valence electrons. The van der Waals surface area contributed by atoms with Crippen LogP contribution in [0.2, 0.25) is 0 Å². The van der Waals surface area contributed by atoms with Crippen LogP contribution in [0.15, 0.2) is 131 Å². The van der Waals surface area contributed by atoms with Gasteiger partial charge in [-0.2, -0.15) is 10.0 Å². The highest BCUT2D eigenvalue weighted by Crippen LogP contribution is 2.68. The minimum atomic E-state index is -1.09. The van der Waals surface area contributed by atoms with Crippen LogP contribution in [-0.4, -0.2) is 12.5 Å². The first kappa shape index (κ1) is 20.6. The van der Waals surface area contributed by atoms with Gasteiger partial charge in [-0.15, -0.1) is 0 Å². The van der Waals surface area contributed by atoms with Gasteiger partial charge in [0.25, 0.3) is 0 Å². The highest BCUT2D eigenvalue weighted by molar-refractivity contribution is 8.33. The van der Waals surface area contributed by atoms with Gasteiger partial charge in [-0.05, 0) is 85.6 Å². The quantitative estimate of drug-likeness (QED) is 0.223. The van der Waals surface area contributed by atoms with Crippen LogP contribution < -0.4 is 0 Å². The first-order valence-corrected chi connectivity index (χ1v) is 14.6. The molecule has 6 aromatic carbocycles. The van der Waals surface area contributed by atoms with E-state index in [9.17, 15) is 0 Å². The summed E-state index contributed by atoms with van der Waals surface area (Å²) in [5, 5.41) is 5.30. The van der Waals surface area contributed by atoms with Crippen molar-refractivity contribution in [2.75, 3.05) is 12.5 Å². The van der Waals surface area contributed by atoms with E-state index in [1.54, 1.807) is 0 Å². The van der Waals surface area contributed by atoms with E-state index in [0.29, 0.717) is 0 Å². The molecule has 1 aliphatic rings. The molecule has 1 aliphatic heterocycles. The average Bonchev–Trinajstić information content (AvgIpc) is 3.13. The second-order valence-electron chi connectivity index (χ2n) is 9.74. The van der Waals surface area contributed by atoms with Gasteiger partial charge >= 0.3 is 0 Å². The molecule has 0 N–H and O–H groups in total. The van der Waals surface area contributed by atoms with Crippen molar-refractivity contribution in [2.24, 2.45) is 0 Å². The third-order valence-corrected chi connectivity index (χ3v) is 10.4. The van der Waals surface area contributed by atoms with Gasteiger partial charge in [0.1, 0.15) is 0 Å². The smallest absolute Gasteiger partial charge is 0.00219 e. The maximum Gasteiger partial charge on any atom is 0.00219 e. The summed E-state index contributed by atoms with van der Waals surface area (Å²) in [6.07, 6.45) is 4.90. The Morgan fingerprint density at radius 3 is 1.49 bits per heavy atom. The van der Waals surface area contributed by atoms with Crippen LogP contribution in [0.25, 0.3) is 54.9 Å². The average molecular weight is 467 g/mol. The third kappa shape index (κ3) is 2.95. The van der Waals surface area contributed by atoms with Crippen molar-refractivity contribution in [3.63, 3.8) is 0 Å². The van der Waals surface area contributed by atoms with E-state index in [1.807, 2.05) is 0 Å². The lowest BCUT2D eigenvalue weighted by molar-refractivity contribution is 1.46. The van der Waals surface area contributed by atoms with E-state index in [4.69, 9.17) is 0 Å². The van der Waals surface area contributed by atoms with Crippen LogP contribution in [0.4, 0.5) is 0 Å². The van der Waals surface area contributed by atoms with Gasteiger partial charge < -0.3 is 0 Å². The van der Waals surface area contributed by atoms with Gasteiger partial charge in [0.05, 0.1) is 0 Å². The van der Waals surface area contributed by atoms with Crippen molar-refractivity contribution >= 4 is 31.6 Å². The van der Waals surface area contributed by atoms with E-state index in [0.717, 1.165) is 0 Å². The topological polar surface area (TPSA) is 0 Å². The summed E-state index contributed by atoms with van der Waals surface area (Å²) in [5.41, 5.74) is 8.01. The van der Waals surface area contributed by atoms with Gasteiger partial charge in [0.2, 0.25) is 0 Å². The first-order valence-electron chi connectivity index (χ1n) is 12.1. The molecule has 35 heavy (non-hydrogen) atoms. The summed E-state index contributed by atoms with van der Waals surface area (Å²) in [4.78, 5) is 3.00. The van der Waals surface area contributed by atoms with E-state index in [-0.39, 0.29) is 0 Å². The standard InChI is InChI=1S/C34H26S/c1-35(2)31-20-12-11-17-25(31)28-21-29-30(22-32(28)35)34(24-15-7-4-8-16-24)27-19-10-9-18-26(27)33(29)23-13-5-3-6-14-23/h3-22H,1-2H3. The zero-order chi connectivity index (χ0) is 23.6. The molecule has 1 heterocycles. The highest BCUT2D eigenvalue weighted by atomic mass is 32.3. The van der Waals surface area contributed by atoms with Crippen molar-refractivity contribution < 1.29 is 0 Å². The number of benzene rings is 6. The zero-order valence-electron chi connectivity index (χ0n) is 20.0. The molecule has 0 unspecified atom stereocenters. The number of hydrogen-bond acceptors (Lipinski definition) is 0.